The van der Waals surface area contributed by atoms with Gasteiger partial charge < -0.3 is 18.9 Å². The van der Waals surface area contributed by atoms with E-state index in [4.69, 9.17) is 18.9 Å². The number of rotatable bonds is 7. The summed E-state index contributed by atoms with van der Waals surface area (Å²) < 4.78 is 21.3. The highest BCUT2D eigenvalue weighted by atomic mass is 16.6. The average Bonchev–Trinajstić information content (AvgIpc) is 2.83. The SMILES string of the molecule is CC1=C(COC(=O)[C@@H]2COCCN2CCOC(C)C)OC(=O)C1. The van der Waals surface area contributed by atoms with Crippen LogP contribution in [0, 0.1) is 0 Å². The van der Waals surface area contributed by atoms with Crippen molar-refractivity contribution in [2.75, 3.05) is 39.5 Å². The molecule has 1 atom stereocenters. The fourth-order valence-corrected chi connectivity index (χ4v) is 2.49. The van der Waals surface area contributed by atoms with Crippen LogP contribution in [0.2, 0.25) is 0 Å². The molecule has 130 valence electrons. The lowest BCUT2D eigenvalue weighted by atomic mass is 10.2. The van der Waals surface area contributed by atoms with E-state index in [1.165, 1.54) is 0 Å². The van der Waals surface area contributed by atoms with Crippen molar-refractivity contribution < 1.29 is 28.5 Å². The molecule has 0 aliphatic carbocycles. The largest absolute Gasteiger partial charge is 0.456 e. The number of ether oxygens (including phenoxy) is 4. The molecule has 2 aliphatic heterocycles. The normalized spacial score (nSPS) is 22.6. The summed E-state index contributed by atoms with van der Waals surface area (Å²) in [5.74, 6) is -0.228. The molecule has 0 saturated carbocycles. The van der Waals surface area contributed by atoms with E-state index in [1.807, 2.05) is 18.7 Å². The Balaban J connectivity index is 1.83. The molecule has 2 aliphatic rings. The molecule has 2 rings (SSSR count). The summed E-state index contributed by atoms with van der Waals surface area (Å²) in [5.41, 5.74) is 0.810. The second-order valence-electron chi connectivity index (χ2n) is 6.01. The molecule has 0 bridgehead atoms. The monoisotopic (exact) mass is 327 g/mol. The quantitative estimate of drug-likeness (QED) is 0.643. The van der Waals surface area contributed by atoms with Crippen molar-refractivity contribution in [1.82, 2.24) is 4.90 Å². The first-order chi connectivity index (χ1) is 11.0. The van der Waals surface area contributed by atoms with Gasteiger partial charge in [0.05, 0.1) is 32.3 Å². The predicted molar refractivity (Wildman–Crippen MR) is 81.6 cm³/mol. The molecular weight excluding hydrogens is 302 g/mol. The van der Waals surface area contributed by atoms with Crippen LogP contribution >= 0.6 is 0 Å². The molecule has 1 saturated heterocycles. The maximum atomic E-state index is 12.3. The first-order valence-corrected chi connectivity index (χ1v) is 7.96. The van der Waals surface area contributed by atoms with E-state index in [0.29, 0.717) is 38.7 Å². The highest BCUT2D eigenvalue weighted by Crippen LogP contribution is 2.20. The lowest BCUT2D eigenvalue weighted by Crippen LogP contribution is -2.51. The molecule has 0 amide bonds. The second-order valence-corrected chi connectivity index (χ2v) is 6.01. The summed E-state index contributed by atoms with van der Waals surface area (Å²) in [5, 5.41) is 0. The van der Waals surface area contributed by atoms with E-state index < -0.39 is 6.04 Å². The Kier molecular flexibility index (Phi) is 6.56. The van der Waals surface area contributed by atoms with Gasteiger partial charge in [0.1, 0.15) is 18.4 Å². The van der Waals surface area contributed by atoms with Crippen molar-refractivity contribution in [1.29, 1.82) is 0 Å². The van der Waals surface area contributed by atoms with Gasteiger partial charge in [0, 0.05) is 13.1 Å². The van der Waals surface area contributed by atoms with Crippen LogP contribution < -0.4 is 0 Å². The maximum absolute atomic E-state index is 12.3. The van der Waals surface area contributed by atoms with Crippen LogP contribution in [0.4, 0.5) is 0 Å². The number of carbonyl (C=O) groups excluding carboxylic acids is 2. The van der Waals surface area contributed by atoms with E-state index >= 15 is 0 Å². The standard InChI is InChI=1S/C16H25NO6/c1-11(2)21-7-5-17-4-6-20-9-13(17)16(19)22-10-14-12(3)8-15(18)23-14/h11,13H,4-10H2,1-3H3/t13-/m0/s1. The molecule has 2 heterocycles. The topological polar surface area (TPSA) is 74.3 Å². The Morgan fingerprint density at radius 1 is 1.43 bits per heavy atom. The van der Waals surface area contributed by atoms with Crippen molar-refractivity contribution in [2.45, 2.75) is 39.3 Å². The third-order valence-corrected chi connectivity index (χ3v) is 3.81. The maximum Gasteiger partial charge on any atom is 0.326 e. The minimum Gasteiger partial charge on any atom is -0.456 e. The van der Waals surface area contributed by atoms with Crippen LogP contribution in [-0.4, -0.2) is 68.5 Å². The van der Waals surface area contributed by atoms with Gasteiger partial charge in [-0.3, -0.25) is 14.5 Å². The zero-order valence-electron chi connectivity index (χ0n) is 14.0. The van der Waals surface area contributed by atoms with Crippen LogP contribution in [0.5, 0.6) is 0 Å². The van der Waals surface area contributed by atoms with E-state index in [-0.39, 0.29) is 31.1 Å². The molecule has 0 N–H and O–H groups in total. The summed E-state index contributed by atoms with van der Waals surface area (Å²) in [6.07, 6.45) is 0.423. The van der Waals surface area contributed by atoms with Crippen LogP contribution in [-0.2, 0) is 28.5 Å². The summed E-state index contributed by atoms with van der Waals surface area (Å²) in [4.78, 5) is 25.5. The lowest BCUT2D eigenvalue weighted by molar-refractivity contribution is -0.157. The third kappa shape index (κ3) is 5.30. The Bertz CT molecular complexity index is 473. The zero-order valence-corrected chi connectivity index (χ0v) is 14.0. The third-order valence-electron chi connectivity index (χ3n) is 3.81. The summed E-state index contributed by atoms with van der Waals surface area (Å²) >= 11 is 0. The van der Waals surface area contributed by atoms with Gasteiger partial charge in [-0.05, 0) is 26.3 Å². The molecule has 7 heteroatoms. The van der Waals surface area contributed by atoms with E-state index in [0.717, 1.165) is 5.57 Å². The number of morpholine rings is 1. The molecule has 23 heavy (non-hydrogen) atoms. The Morgan fingerprint density at radius 3 is 2.87 bits per heavy atom. The minimum atomic E-state index is -0.447. The summed E-state index contributed by atoms with van der Waals surface area (Å²) in [7, 11) is 0. The van der Waals surface area contributed by atoms with Gasteiger partial charge in [0.15, 0.2) is 0 Å². The van der Waals surface area contributed by atoms with Gasteiger partial charge in [-0.25, -0.2) is 0 Å². The minimum absolute atomic E-state index is 0.0107. The molecule has 0 radical (unpaired) electrons. The average molecular weight is 327 g/mol. The number of esters is 2. The van der Waals surface area contributed by atoms with E-state index in [2.05, 4.69) is 0 Å². The van der Waals surface area contributed by atoms with Gasteiger partial charge in [0.2, 0.25) is 0 Å². The zero-order chi connectivity index (χ0) is 16.8. The first-order valence-electron chi connectivity index (χ1n) is 7.96. The van der Waals surface area contributed by atoms with Gasteiger partial charge in [0.25, 0.3) is 0 Å². The van der Waals surface area contributed by atoms with Gasteiger partial charge >= 0.3 is 11.9 Å². The second kappa shape index (κ2) is 8.42. The Hall–Kier alpha value is -1.44. The van der Waals surface area contributed by atoms with Crippen molar-refractivity contribution in [2.24, 2.45) is 0 Å². The Morgan fingerprint density at radius 2 is 2.22 bits per heavy atom. The molecule has 0 aromatic carbocycles. The van der Waals surface area contributed by atoms with E-state index in [1.54, 1.807) is 6.92 Å². The number of hydrogen-bond donors (Lipinski definition) is 0. The highest BCUT2D eigenvalue weighted by molar-refractivity contribution is 5.78. The number of cyclic esters (lactones) is 1. The van der Waals surface area contributed by atoms with Crippen molar-refractivity contribution in [3.8, 4) is 0 Å². The molecule has 0 aromatic heterocycles. The number of nitrogens with zero attached hydrogens (tertiary/aromatic N) is 1. The Labute approximate surface area is 136 Å². The first kappa shape index (κ1) is 17.9. The molecule has 7 nitrogen and oxygen atoms in total. The lowest BCUT2D eigenvalue weighted by Gasteiger charge is -2.33. The molecule has 0 spiro atoms. The van der Waals surface area contributed by atoms with Crippen LogP contribution in [0.3, 0.4) is 0 Å². The molecular formula is C16H25NO6. The fraction of sp³-hybridized carbons (Fsp3) is 0.750. The predicted octanol–water partition coefficient (Wildman–Crippen LogP) is 0.876. The molecule has 0 unspecified atom stereocenters. The highest BCUT2D eigenvalue weighted by Gasteiger charge is 2.31. The smallest absolute Gasteiger partial charge is 0.326 e. The van der Waals surface area contributed by atoms with Gasteiger partial charge in [-0.1, -0.05) is 0 Å². The van der Waals surface area contributed by atoms with Crippen LogP contribution in [0.15, 0.2) is 11.3 Å². The molecule has 0 aromatic rings. The van der Waals surface area contributed by atoms with E-state index in [9.17, 15) is 9.59 Å². The van der Waals surface area contributed by atoms with Crippen molar-refractivity contribution in [3.63, 3.8) is 0 Å². The molecule has 1 fully saturated rings. The fourth-order valence-electron chi connectivity index (χ4n) is 2.49. The van der Waals surface area contributed by atoms with Crippen LogP contribution in [0.1, 0.15) is 27.2 Å². The van der Waals surface area contributed by atoms with Gasteiger partial charge in [-0.15, -0.1) is 0 Å². The summed E-state index contributed by atoms with van der Waals surface area (Å²) in [6.45, 7) is 8.51. The van der Waals surface area contributed by atoms with Gasteiger partial charge in [-0.2, -0.15) is 0 Å². The number of carbonyl (C=O) groups is 2. The number of hydrogen-bond acceptors (Lipinski definition) is 7. The van der Waals surface area contributed by atoms with Crippen molar-refractivity contribution in [3.05, 3.63) is 11.3 Å². The van der Waals surface area contributed by atoms with Crippen molar-refractivity contribution >= 4 is 11.9 Å². The summed E-state index contributed by atoms with van der Waals surface area (Å²) in [6, 6.07) is -0.447. The van der Waals surface area contributed by atoms with Crippen LogP contribution in [0.25, 0.3) is 0 Å².